The SMILES string of the molecule is CCOC(=O)c1ccc(Nc2ccnc(SCC(=O)c3ccc(C#N)cc3)n2)cc1. The normalized spacial score (nSPS) is 10.1. The van der Waals surface area contributed by atoms with Crippen molar-refractivity contribution >= 4 is 35.0 Å². The summed E-state index contributed by atoms with van der Waals surface area (Å²) in [6.07, 6.45) is 1.61. The fourth-order valence-electron chi connectivity index (χ4n) is 2.48. The van der Waals surface area contributed by atoms with E-state index in [4.69, 9.17) is 10.00 Å². The van der Waals surface area contributed by atoms with E-state index in [2.05, 4.69) is 15.3 Å². The molecule has 1 heterocycles. The van der Waals surface area contributed by atoms with Crippen LogP contribution in [0.1, 0.15) is 33.2 Å². The summed E-state index contributed by atoms with van der Waals surface area (Å²) in [4.78, 5) is 32.6. The number of rotatable bonds is 8. The zero-order chi connectivity index (χ0) is 21.3. The summed E-state index contributed by atoms with van der Waals surface area (Å²) in [6.45, 7) is 2.09. The van der Waals surface area contributed by atoms with Gasteiger partial charge in [0.15, 0.2) is 10.9 Å². The second-order valence-electron chi connectivity index (χ2n) is 6.05. The number of esters is 1. The summed E-state index contributed by atoms with van der Waals surface area (Å²) in [6, 6.07) is 17.1. The van der Waals surface area contributed by atoms with Gasteiger partial charge in [-0.25, -0.2) is 14.8 Å². The van der Waals surface area contributed by atoms with Crippen LogP contribution in [0.3, 0.4) is 0 Å². The van der Waals surface area contributed by atoms with Gasteiger partial charge in [-0.2, -0.15) is 5.26 Å². The molecule has 0 saturated heterocycles. The molecule has 8 heteroatoms. The molecule has 150 valence electrons. The van der Waals surface area contributed by atoms with Gasteiger partial charge in [0.2, 0.25) is 0 Å². The molecule has 0 amide bonds. The number of ether oxygens (including phenoxy) is 1. The molecule has 0 aliphatic carbocycles. The fourth-order valence-corrected chi connectivity index (χ4v) is 3.20. The summed E-state index contributed by atoms with van der Waals surface area (Å²) in [5.41, 5.74) is 2.28. The first-order valence-corrected chi connectivity index (χ1v) is 10.1. The molecule has 0 spiro atoms. The molecule has 3 rings (SSSR count). The average molecular weight is 418 g/mol. The number of benzene rings is 2. The highest BCUT2D eigenvalue weighted by Crippen LogP contribution is 2.20. The van der Waals surface area contributed by atoms with Gasteiger partial charge in [-0.15, -0.1) is 0 Å². The highest BCUT2D eigenvalue weighted by atomic mass is 32.2. The maximum atomic E-state index is 12.3. The van der Waals surface area contributed by atoms with Crippen molar-refractivity contribution in [1.29, 1.82) is 5.26 Å². The molecule has 0 bridgehead atoms. The van der Waals surface area contributed by atoms with Gasteiger partial charge in [0.25, 0.3) is 0 Å². The molecule has 0 unspecified atom stereocenters. The Labute approximate surface area is 178 Å². The Morgan fingerprint density at radius 3 is 2.43 bits per heavy atom. The number of aromatic nitrogens is 2. The van der Waals surface area contributed by atoms with Crippen LogP contribution in [0.15, 0.2) is 66.0 Å². The molecule has 1 aromatic heterocycles. The minimum atomic E-state index is -0.364. The van der Waals surface area contributed by atoms with E-state index in [1.54, 1.807) is 67.7 Å². The Balaban J connectivity index is 1.59. The fraction of sp³-hybridized carbons (Fsp3) is 0.136. The highest BCUT2D eigenvalue weighted by molar-refractivity contribution is 7.99. The lowest BCUT2D eigenvalue weighted by Gasteiger charge is -2.08. The van der Waals surface area contributed by atoms with E-state index in [0.717, 1.165) is 5.69 Å². The third-order valence-corrected chi connectivity index (χ3v) is 4.83. The van der Waals surface area contributed by atoms with E-state index < -0.39 is 0 Å². The van der Waals surface area contributed by atoms with E-state index in [9.17, 15) is 9.59 Å². The monoisotopic (exact) mass is 418 g/mol. The van der Waals surface area contributed by atoms with E-state index in [-0.39, 0.29) is 17.5 Å². The molecule has 30 heavy (non-hydrogen) atoms. The van der Waals surface area contributed by atoms with E-state index in [0.29, 0.717) is 34.3 Å². The number of nitrogens with one attached hydrogen (secondary N) is 1. The third kappa shape index (κ3) is 5.65. The lowest BCUT2D eigenvalue weighted by molar-refractivity contribution is 0.0526. The Hall–Kier alpha value is -3.70. The molecule has 2 aromatic carbocycles. The van der Waals surface area contributed by atoms with Crippen molar-refractivity contribution in [2.75, 3.05) is 17.7 Å². The standard InChI is InChI=1S/C22H18N4O3S/c1-2-29-21(28)17-7-9-18(10-8-17)25-20-11-12-24-22(26-20)30-14-19(27)16-5-3-15(13-23)4-6-16/h3-12H,2,14H2,1H3,(H,24,25,26). The number of ketones is 1. The van der Waals surface area contributed by atoms with Gasteiger partial charge < -0.3 is 10.1 Å². The molecular formula is C22H18N4O3S. The van der Waals surface area contributed by atoms with Crippen molar-refractivity contribution in [3.05, 3.63) is 77.5 Å². The van der Waals surface area contributed by atoms with Crippen LogP contribution in [0.2, 0.25) is 0 Å². The number of thioether (sulfide) groups is 1. The summed E-state index contributed by atoms with van der Waals surface area (Å²) in [5, 5.41) is 12.4. The molecule has 0 aliphatic heterocycles. The van der Waals surface area contributed by atoms with Gasteiger partial charge in [0.1, 0.15) is 5.82 Å². The van der Waals surface area contributed by atoms with Crippen LogP contribution in [0.25, 0.3) is 0 Å². The summed E-state index contributed by atoms with van der Waals surface area (Å²) in [5.74, 6) is 0.323. The van der Waals surface area contributed by atoms with Gasteiger partial charge in [-0.1, -0.05) is 23.9 Å². The first-order valence-electron chi connectivity index (χ1n) is 9.12. The van der Waals surface area contributed by atoms with Crippen LogP contribution < -0.4 is 5.32 Å². The summed E-state index contributed by atoms with van der Waals surface area (Å²) in [7, 11) is 0. The van der Waals surface area contributed by atoms with Crippen molar-refractivity contribution < 1.29 is 14.3 Å². The zero-order valence-electron chi connectivity index (χ0n) is 16.2. The molecule has 3 aromatic rings. The van der Waals surface area contributed by atoms with E-state index >= 15 is 0 Å². The van der Waals surface area contributed by atoms with Crippen molar-refractivity contribution in [1.82, 2.24) is 9.97 Å². The minimum Gasteiger partial charge on any atom is -0.462 e. The maximum Gasteiger partial charge on any atom is 0.338 e. The summed E-state index contributed by atoms with van der Waals surface area (Å²) < 4.78 is 4.97. The number of carbonyl (C=O) groups excluding carboxylic acids is 2. The lowest BCUT2D eigenvalue weighted by atomic mass is 10.1. The quantitative estimate of drug-likeness (QED) is 0.251. The number of hydrogen-bond donors (Lipinski definition) is 1. The first kappa shape index (κ1) is 21.0. The Morgan fingerprint density at radius 1 is 1.07 bits per heavy atom. The average Bonchev–Trinajstić information content (AvgIpc) is 2.78. The summed E-state index contributed by atoms with van der Waals surface area (Å²) >= 11 is 1.23. The molecular weight excluding hydrogens is 400 g/mol. The Bertz CT molecular complexity index is 1080. The number of anilines is 2. The predicted octanol–water partition coefficient (Wildman–Crippen LogP) is 4.24. The van der Waals surface area contributed by atoms with Crippen LogP contribution in [-0.2, 0) is 4.74 Å². The van der Waals surface area contributed by atoms with Crippen LogP contribution in [-0.4, -0.2) is 34.1 Å². The topological polar surface area (TPSA) is 105 Å². The number of hydrogen-bond acceptors (Lipinski definition) is 8. The molecule has 7 nitrogen and oxygen atoms in total. The molecule has 0 atom stereocenters. The van der Waals surface area contributed by atoms with E-state index in [1.807, 2.05) is 6.07 Å². The van der Waals surface area contributed by atoms with Crippen molar-refractivity contribution in [2.24, 2.45) is 0 Å². The van der Waals surface area contributed by atoms with Crippen molar-refractivity contribution in [3.8, 4) is 6.07 Å². The largest absolute Gasteiger partial charge is 0.462 e. The number of nitriles is 1. The number of Topliss-reactive ketones (excluding diaryl/α,β-unsaturated/α-hetero) is 1. The maximum absolute atomic E-state index is 12.3. The first-order chi connectivity index (χ1) is 14.6. The number of nitrogens with zero attached hydrogens (tertiary/aromatic N) is 3. The molecule has 0 aliphatic rings. The molecule has 1 N–H and O–H groups in total. The number of carbonyl (C=O) groups is 2. The molecule has 0 saturated carbocycles. The molecule has 0 radical (unpaired) electrons. The van der Waals surface area contributed by atoms with Gasteiger partial charge >= 0.3 is 5.97 Å². The van der Waals surface area contributed by atoms with E-state index in [1.165, 1.54) is 11.8 Å². The highest BCUT2D eigenvalue weighted by Gasteiger charge is 2.09. The lowest BCUT2D eigenvalue weighted by Crippen LogP contribution is -2.05. The van der Waals surface area contributed by atoms with Crippen LogP contribution in [0.5, 0.6) is 0 Å². The van der Waals surface area contributed by atoms with Gasteiger partial charge in [0, 0.05) is 17.4 Å². The molecule has 0 fully saturated rings. The van der Waals surface area contributed by atoms with Crippen LogP contribution in [0.4, 0.5) is 11.5 Å². The van der Waals surface area contributed by atoms with Crippen molar-refractivity contribution in [3.63, 3.8) is 0 Å². The smallest absolute Gasteiger partial charge is 0.338 e. The van der Waals surface area contributed by atoms with Crippen LogP contribution in [0, 0.1) is 11.3 Å². The van der Waals surface area contributed by atoms with Gasteiger partial charge in [-0.05, 0) is 49.4 Å². The third-order valence-electron chi connectivity index (χ3n) is 3.97. The zero-order valence-corrected chi connectivity index (χ0v) is 17.0. The second kappa shape index (κ2) is 10.2. The Morgan fingerprint density at radius 2 is 1.77 bits per heavy atom. The van der Waals surface area contributed by atoms with Crippen LogP contribution >= 0.6 is 11.8 Å². The predicted molar refractivity (Wildman–Crippen MR) is 114 cm³/mol. The second-order valence-corrected chi connectivity index (χ2v) is 6.99. The van der Waals surface area contributed by atoms with Crippen molar-refractivity contribution in [2.45, 2.75) is 12.1 Å². The minimum absolute atomic E-state index is 0.0685. The van der Waals surface area contributed by atoms with Gasteiger partial charge in [-0.3, -0.25) is 4.79 Å². The Kier molecular flexibility index (Phi) is 7.14. The van der Waals surface area contributed by atoms with Gasteiger partial charge in [0.05, 0.1) is 29.6 Å².